The largest absolute Gasteiger partial charge is 0.481 e. The van der Waals surface area contributed by atoms with Crippen molar-refractivity contribution in [1.82, 2.24) is 9.80 Å². The second kappa shape index (κ2) is 16.6. The first-order valence-corrected chi connectivity index (χ1v) is 12.1. The van der Waals surface area contributed by atoms with Crippen molar-refractivity contribution in [2.24, 2.45) is 0 Å². The molecule has 13 heteroatoms. The molecule has 3 rings (SSSR count). The van der Waals surface area contributed by atoms with Crippen LogP contribution in [0.4, 0.5) is 17.1 Å². The van der Waals surface area contributed by atoms with Gasteiger partial charge in [0.15, 0.2) is 0 Å². The Morgan fingerprint density at radius 2 is 1.05 bits per heavy atom. The van der Waals surface area contributed by atoms with Gasteiger partial charge in [-0.25, -0.2) is 0 Å². The number of hydrogen-bond acceptors (Lipinski definition) is 8. The van der Waals surface area contributed by atoms with E-state index in [2.05, 4.69) is 0 Å². The number of nitro benzene ring substituents is 2. The Kier molecular flexibility index (Phi) is 13.6. The van der Waals surface area contributed by atoms with Gasteiger partial charge in [0.1, 0.15) is 0 Å². The quantitative estimate of drug-likeness (QED) is 0.233. The van der Waals surface area contributed by atoms with Gasteiger partial charge < -0.3 is 20.6 Å². The number of anilines is 1. The molecule has 0 saturated carbocycles. The standard InChI is InChI=1S/C10H12N2O3.C10H14N2O.C8H7NO4/c1-11(2)10(13)7-8-4-3-5-9(6-8)12(14)15;1-12(2)10(13)7-8-4-3-5-9(11)6-8;10-8(11)5-6-2-1-3-7(4-6)9(12)13/h3-6H,7H2,1-2H3;3-6H,7,11H2,1-2H3;1-4H,5H2,(H,10,11). The third-order valence-electron chi connectivity index (χ3n) is 5.26. The smallest absolute Gasteiger partial charge is 0.307 e. The van der Waals surface area contributed by atoms with Crippen LogP contribution in [-0.4, -0.2) is 70.7 Å². The Labute approximate surface area is 237 Å². The van der Waals surface area contributed by atoms with Gasteiger partial charge in [-0.05, 0) is 28.8 Å². The minimum Gasteiger partial charge on any atom is -0.481 e. The predicted octanol–water partition coefficient (Wildman–Crippen LogP) is 3.35. The zero-order chi connectivity index (χ0) is 31.1. The fraction of sp³-hybridized carbons (Fsp3) is 0.250. The first kappa shape index (κ1) is 33.7. The highest BCUT2D eigenvalue weighted by Crippen LogP contribution is 2.14. The van der Waals surface area contributed by atoms with E-state index in [0.29, 0.717) is 23.2 Å². The van der Waals surface area contributed by atoms with Gasteiger partial charge in [0.25, 0.3) is 11.4 Å². The minimum atomic E-state index is -1.000. The zero-order valence-electron chi connectivity index (χ0n) is 23.2. The van der Waals surface area contributed by atoms with E-state index in [9.17, 15) is 34.6 Å². The number of aliphatic carboxylic acids is 1. The fourth-order valence-electron chi connectivity index (χ4n) is 3.10. The highest BCUT2D eigenvalue weighted by molar-refractivity contribution is 5.79. The number of carbonyl (C=O) groups excluding carboxylic acids is 2. The van der Waals surface area contributed by atoms with E-state index in [1.165, 1.54) is 35.2 Å². The molecule has 0 saturated heterocycles. The first-order chi connectivity index (χ1) is 19.2. The number of non-ortho nitro benzene ring substituents is 2. The molecule has 0 radical (unpaired) electrons. The summed E-state index contributed by atoms with van der Waals surface area (Å²) in [6.45, 7) is 0. The molecule has 0 aliphatic carbocycles. The highest BCUT2D eigenvalue weighted by Gasteiger charge is 2.10. The van der Waals surface area contributed by atoms with E-state index in [1.807, 2.05) is 24.3 Å². The Bertz CT molecular complexity index is 1370. The maximum atomic E-state index is 11.3. The Morgan fingerprint density at radius 3 is 1.39 bits per heavy atom. The number of carboxylic acids is 1. The number of benzene rings is 3. The van der Waals surface area contributed by atoms with E-state index >= 15 is 0 Å². The molecule has 0 unspecified atom stereocenters. The van der Waals surface area contributed by atoms with Crippen LogP contribution in [0.1, 0.15) is 16.7 Å². The molecule has 0 aromatic heterocycles. The maximum Gasteiger partial charge on any atom is 0.307 e. The van der Waals surface area contributed by atoms with Crippen LogP contribution in [-0.2, 0) is 33.6 Å². The van der Waals surface area contributed by atoms with Crippen molar-refractivity contribution in [3.63, 3.8) is 0 Å². The second-order valence-electron chi connectivity index (χ2n) is 9.10. The van der Waals surface area contributed by atoms with Gasteiger partial charge in [0, 0.05) is 58.1 Å². The number of nitrogen functional groups attached to an aromatic ring is 1. The third kappa shape index (κ3) is 13.3. The van der Waals surface area contributed by atoms with E-state index < -0.39 is 15.8 Å². The molecular weight excluding hydrogens is 534 g/mol. The van der Waals surface area contributed by atoms with Gasteiger partial charge in [-0.2, -0.15) is 0 Å². The Hall–Kier alpha value is -5.33. The summed E-state index contributed by atoms with van der Waals surface area (Å²) >= 11 is 0. The van der Waals surface area contributed by atoms with Gasteiger partial charge in [0.2, 0.25) is 11.8 Å². The lowest BCUT2D eigenvalue weighted by Gasteiger charge is -2.09. The summed E-state index contributed by atoms with van der Waals surface area (Å²) < 4.78 is 0. The second-order valence-corrected chi connectivity index (χ2v) is 9.10. The fourth-order valence-corrected chi connectivity index (χ4v) is 3.10. The molecule has 0 spiro atoms. The molecule has 0 bridgehead atoms. The van der Waals surface area contributed by atoms with Crippen LogP contribution in [0.15, 0.2) is 72.8 Å². The summed E-state index contributed by atoms with van der Waals surface area (Å²) in [4.78, 5) is 55.7. The van der Waals surface area contributed by atoms with Crippen molar-refractivity contribution >= 4 is 34.8 Å². The lowest BCUT2D eigenvalue weighted by Crippen LogP contribution is -2.23. The predicted molar refractivity (Wildman–Crippen MR) is 153 cm³/mol. The van der Waals surface area contributed by atoms with Crippen molar-refractivity contribution in [2.75, 3.05) is 33.9 Å². The van der Waals surface area contributed by atoms with Gasteiger partial charge in [-0.15, -0.1) is 0 Å². The molecule has 0 atom stereocenters. The number of carboxylic acid groups (broad SMARTS) is 1. The first-order valence-electron chi connectivity index (χ1n) is 12.1. The third-order valence-corrected chi connectivity index (χ3v) is 5.26. The van der Waals surface area contributed by atoms with Crippen LogP contribution in [0.3, 0.4) is 0 Å². The highest BCUT2D eigenvalue weighted by atomic mass is 16.6. The molecule has 41 heavy (non-hydrogen) atoms. The van der Waals surface area contributed by atoms with Gasteiger partial charge >= 0.3 is 5.97 Å². The van der Waals surface area contributed by atoms with Crippen molar-refractivity contribution in [3.05, 3.63) is 110 Å². The SMILES string of the molecule is CN(C)C(=O)Cc1cccc(N)c1.CN(C)C(=O)Cc1cccc([N+](=O)[O-])c1.O=C(O)Cc1cccc([N+](=O)[O-])c1. The number of amides is 2. The zero-order valence-corrected chi connectivity index (χ0v) is 23.2. The summed E-state index contributed by atoms with van der Waals surface area (Å²) in [5.74, 6) is -0.985. The number of carbonyl (C=O) groups is 3. The van der Waals surface area contributed by atoms with Crippen LogP contribution < -0.4 is 5.73 Å². The van der Waals surface area contributed by atoms with E-state index in [-0.39, 0.29) is 36.0 Å². The van der Waals surface area contributed by atoms with Crippen molar-refractivity contribution in [2.45, 2.75) is 19.3 Å². The number of nitro groups is 2. The molecule has 0 aliphatic rings. The number of hydrogen-bond donors (Lipinski definition) is 2. The number of rotatable bonds is 8. The number of nitrogens with zero attached hydrogens (tertiary/aromatic N) is 4. The lowest BCUT2D eigenvalue weighted by atomic mass is 10.1. The molecule has 2 amide bonds. The Balaban J connectivity index is 0.000000309. The van der Waals surface area contributed by atoms with E-state index in [4.69, 9.17) is 10.8 Å². The van der Waals surface area contributed by atoms with Crippen LogP contribution in [0.5, 0.6) is 0 Å². The van der Waals surface area contributed by atoms with Crippen molar-refractivity contribution in [1.29, 1.82) is 0 Å². The van der Waals surface area contributed by atoms with Crippen molar-refractivity contribution < 1.29 is 29.3 Å². The van der Waals surface area contributed by atoms with E-state index in [1.54, 1.807) is 51.3 Å². The van der Waals surface area contributed by atoms with Gasteiger partial charge in [-0.3, -0.25) is 34.6 Å². The summed E-state index contributed by atoms with van der Waals surface area (Å²) in [5, 5.41) is 29.2. The molecule has 0 heterocycles. The van der Waals surface area contributed by atoms with E-state index in [0.717, 1.165) is 5.56 Å². The summed E-state index contributed by atoms with van der Waals surface area (Å²) in [6.07, 6.45) is 0.411. The topological polar surface area (TPSA) is 190 Å². The molecule has 0 fully saturated rings. The Morgan fingerprint density at radius 1 is 0.683 bits per heavy atom. The molecule has 3 aromatic carbocycles. The monoisotopic (exact) mass is 567 g/mol. The van der Waals surface area contributed by atoms with Crippen molar-refractivity contribution in [3.8, 4) is 0 Å². The minimum absolute atomic E-state index is 0.0130. The number of likely N-dealkylation sites (N-methyl/N-ethyl adjacent to an activating group) is 2. The number of nitrogens with two attached hydrogens (primary N) is 1. The average molecular weight is 568 g/mol. The van der Waals surface area contributed by atoms with Crippen LogP contribution >= 0.6 is 0 Å². The molecule has 218 valence electrons. The van der Waals surface area contributed by atoms with Crippen LogP contribution in [0, 0.1) is 20.2 Å². The summed E-state index contributed by atoms with van der Waals surface area (Å²) in [5.41, 5.74) is 8.26. The molecular formula is C28H33N5O8. The van der Waals surface area contributed by atoms with Gasteiger partial charge in [0.05, 0.1) is 29.1 Å². The average Bonchev–Trinajstić information content (AvgIpc) is 2.89. The lowest BCUT2D eigenvalue weighted by molar-refractivity contribution is -0.385. The molecule has 3 N–H and O–H groups in total. The summed E-state index contributed by atoms with van der Waals surface area (Å²) in [6, 6.07) is 19.1. The molecule has 3 aromatic rings. The van der Waals surface area contributed by atoms with Crippen LogP contribution in [0.25, 0.3) is 0 Å². The normalized spacial score (nSPS) is 9.66. The summed E-state index contributed by atoms with van der Waals surface area (Å²) in [7, 11) is 6.79. The van der Waals surface area contributed by atoms with Gasteiger partial charge in [-0.1, -0.05) is 36.4 Å². The molecule has 13 nitrogen and oxygen atoms in total. The maximum absolute atomic E-state index is 11.3. The van der Waals surface area contributed by atoms with Crippen LogP contribution in [0.2, 0.25) is 0 Å². The molecule has 0 aliphatic heterocycles.